The Hall–Kier alpha value is 0.0300. The molecule has 0 N–H and O–H groups in total. The van der Waals surface area contributed by atoms with Gasteiger partial charge < -0.3 is 0 Å². The first-order chi connectivity index (χ1) is 2.81. The second-order valence-electron chi connectivity index (χ2n) is 1.16. The third kappa shape index (κ3) is 2.28. The highest BCUT2D eigenvalue weighted by molar-refractivity contribution is 6.21. The maximum atomic E-state index is 5.53. The molecule has 0 nitrogen and oxygen atoms in total. The molecule has 0 saturated heterocycles. The van der Waals surface area contributed by atoms with Gasteiger partial charge in [0.25, 0.3) is 0 Å². The number of hydrogen-bond donors (Lipinski definition) is 0. The van der Waals surface area contributed by atoms with Crippen LogP contribution in [0.3, 0.4) is 0 Å². The van der Waals surface area contributed by atoms with E-state index in [2.05, 4.69) is 6.58 Å². The smallest absolute Gasteiger partial charge is 0.0510 e. The van der Waals surface area contributed by atoms with E-state index in [1.165, 1.54) is 0 Å². The van der Waals surface area contributed by atoms with Crippen LogP contribution in [-0.4, -0.2) is 5.38 Å². The Morgan fingerprint density at radius 2 is 2.50 bits per heavy atom. The lowest BCUT2D eigenvalue weighted by Gasteiger charge is -1.90. The predicted octanol–water partition coefficient (Wildman–Crippen LogP) is 2.19. The van der Waals surface area contributed by atoms with E-state index in [0.717, 1.165) is 6.42 Å². The minimum atomic E-state index is 0.171. The summed E-state index contributed by atoms with van der Waals surface area (Å²) in [4.78, 5) is 0. The summed E-state index contributed by atoms with van der Waals surface area (Å²) in [7, 11) is 0. The van der Waals surface area contributed by atoms with Crippen molar-refractivity contribution >= 4 is 11.6 Å². The lowest BCUT2D eigenvalue weighted by molar-refractivity contribution is 0.969. The third-order valence-corrected chi connectivity index (χ3v) is 1.13. The molecule has 0 aliphatic carbocycles. The monoisotopic (exact) mass is 104 g/mol. The SMILES string of the molecule is C=CC(Cl)CC. The summed E-state index contributed by atoms with van der Waals surface area (Å²) in [5.74, 6) is 0. The van der Waals surface area contributed by atoms with Crippen molar-refractivity contribution in [3.63, 3.8) is 0 Å². The molecule has 0 saturated carbocycles. The molecule has 0 heterocycles. The maximum Gasteiger partial charge on any atom is 0.0510 e. The van der Waals surface area contributed by atoms with Crippen LogP contribution >= 0.6 is 11.6 Å². The van der Waals surface area contributed by atoms with E-state index in [4.69, 9.17) is 11.6 Å². The Labute approximate surface area is 43.8 Å². The number of rotatable bonds is 2. The number of alkyl halides is 1. The molecule has 1 heteroatoms. The second kappa shape index (κ2) is 3.23. The first kappa shape index (κ1) is 6.03. The van der Waals surface area contributed by atoms with Crippen LogP contribution in [0.15, 0.2) is 12.7 Å². The summed E-state index contributed by atoms with van der Waals surface area (Å²) >= 11 is 5.53. The van der Waals surface area contributed by atoms with Crippen LogP contribution in [-0.2, 0) is 0 Å². The molecular weight excluding hydrogens is 95.5 g/mol. The average molecular weight is 105 g/mol. The summed E-state index contributed by atoms with van der Waals surface area (Å²) in [6, 6.07) is 0. The predicted molar refractivity (Wildman–Crippen MR) is 30.1 cm³/mol. The van der Waals surface area contributed by atoms with Crippen molar-refractivity contribution in [1.82, 2.24) is 0 Å². The topological polar surface area (TPSA) is 0 Å². The van der Waals surface area contributed by atoms with Gasteiger partial charge in [0.2, 0.25) is 0 Å². The van der Waals surface area contributed by atoms with Gasteiger partial charge in [-0.2, -0.15) is 0 Å². The quantitative estimate of drug-likeness (QED) is 0.372. The Morgan fingerprint density at radius 1 is 2.00 bits per heavy atom. The van der Waals surface area contributed by atoms with Crippen molar-refractivity contribution in [2.24, 2.45) is 0 Å². The molecule has 0 aliphatic heterocycles. The average Bonchev–Trinajstić information content (AvgIpc) is 1.65. The molecule has 0 aromatic rings. The highest BCUT2D eigenvalue weighted by atomic mass is 35.5. The van der Waals surface area contributed by atoms with Gasteiger partial charge in [-0.15, -0.1) is 18.2 Å². The lowest BCUT2D eigenvalue weighted by Crippen LogP contribution is -1.84. The van der Waals surface area contributed by atoms with Gasteiger partial charge in [-0.3, -0.25) is 0 Å². The minimum Gasteiger partial charge on any atom is -0.119 e. The van der Waals surface area contributed by atoms with Crippen LogP contribution in [0.2, 0.25) is 0 Å². The van der Waals surface area contributed by atoms with Crippen LogP contribution in [0.4, 0.5) is 0 Å². The van der Waals surface area contributed by atoms with Crippen LogP contribution in [0.1, 0.15) is 13.3 Å². The molecule has 0 fully saturated rings. The van der Waals surface area contributed by atoms with E-state index < -0.39 is 0 Å². The summed E-state index contributed by atoms with van der Waals surface area (Å²) < 4.78 is 0. The van der Waals surface area contributed by atoms with Gasteiger partial charge in [-0.1, -0.05) is 13.0 Å². The molecule has 0 aromatic heterocycles. The molecular formula is C5H9Cl. The molecule has 0 amide bonds. The third-order valence-electron chi connectivity index (χ3n) is 0.646. The van der Waals surface area contributed by atoms with Crippen LogP contribution in [0.25, 0.3) is 0 Å². The fourth-order valence-corrected chi connectivity index (χ4v) is 0.167. The molecule has 1 unspecified atom stereocenters. The molecule has 0 bridgehead atoms. The first-order valence-corrected chi connectivity index (χ1v) is 2.51. The van der Waals surface area contributed by atoms with E-state index in [0.29, 0.717) is 0 Å². The zero-order valence-electron chi connectivity index (χ0n) is 3.95. The normalized spacial score (nSPS) is 13.7. The van der Waals surface area contributed by atoms with E-state index in [9.17, 15) is 0 Å². The van der Waals surface area contributed by atoms with Gasteiger partial charge >= 0.3 is 0 Å². The largest absolute Gasteiger partial charge is 0.119 e. The van der Waals surface area contributed by atoms with Crippen molar-refractivity contribution in [3.8, 4) is 0 Å². The number of halogens is 1. The Morgan fingerprint density at radius 3 is 2.50 bits per heavy atom. The van der Waals surface area contributed by atoms with Gasteiger partial charge in [0, 0.05) is 0 Å². The standard InChI is InChI=1S/C5H9Cl/c1-3-5(6)4-2/h3,5H,1,4H2,2H3. The maximum absolute atomic E-state index is 5.53. The summed E-state index contributed by atoms with van der Waals surface area (Å²) in [6.07, 6.45) is 2.71. The first-order valence-electron chi connectivity index (χ1n) is 2.08. The van der Waals surface area contributed by atoms with Crippen molar-refractivity contribution in [2.45, 2.75) is 18.7 Å². The lowest BCUT2D eigenvalue weighted by atomic mass is 10.3. The molecule has 0 aromatic carbocycles. The molecule has 1 atom stereocenters. The summed E-state index contributed by atoms with van der Waals surface area (Å²) in [5, 5.41) is 0.171. The summed E-state index contributed by atoms with van der Waals surface area (Å²) in [5.41, 5.74) is 0. The van der Waals surface area contributed by atoms with Gasteiger partial charge in [0.15, 0.2) is 0 Å². The highest BCUT2D eigenvalue weighted by Crippen LogP contribution is 1.99. The fraction of sp³-hybridized carbons (Fsp3) is 0.600. The number of allylic oxidation sites excluding steroid dienone is 1. The van der Waals surface area contributed by atoms with Gasteiger partial charge in [-0.05, 0) is 6.42 Å². The van der Waals surface area contributed by atoms with Gasteiger partial charge in [-0.25, -0.2) is 0 Å². The van der Waals surface area contributed by atoms with Crippen molar-refractivity contribution in [1.29, 1.82) is 0 Å². The van der Waals surface area contributed by atoms with Gasteiger partial charge in [0.05, 0.1) is 5.38 Å². The molecule has 0 aliphatic rings. The highest BCUT2D eigenvalue weighted by Gasteiger charge is 1.87. The van der Waals surface area contributed by atoms with Crippen molar-refractivity contribution in [3.05, 3.63) is 12.7 Å². The zero-order chi connectivity index (χ0) is 4.99. The van der Waals surface area contributed by atoms with Crippen molar-refractivity contribution < 1.29 is 0 Å². The van der Waals surface area contributed by atoms with Crippen LogP contribution in [0.5, 0.6) is 0 Å². The Balaban J connectivity index is 2.96. The minimum absolute atomic E-state index is 0.171. The zero-order valence-corrected chi connectivity index (χ0v) is 4.70. The Bertz CT molecular complexity index is 41.2. The van der Waals surface area contributed by atoms with Gasteiger partial charge in [0.1, 0.15) is 0 Å². The molecule has 0 spiro atoms. The number of hydrogen-bond acceptors (Lipinski definition) is 0. The second-order valence-corrected chi connectivity index (χ2v) is 1.72. The molecule has 0 rings (SSSR count). The fourth-order valence-electron chi connectivity index (χ4n) is 0.167. The molecule has 0 radical (unpaired) electrons. The Kier molecular flexibility index (Phi) is 3.24. The van der Waals surface area contributed by atoms with Crippen LogP contribution < -0.4 is 0 Å². The van der Waals surface area contributed by atoms with Crippen LogP contribution in [0, 0.1) is 0 Å². The molecule has 36 valence electrons. The van der Waals surface area contributed by atoms with E-state index in [1.54, 1.807) is 6.08 Å². The van der Waals surface area contributed by atoms with E-state index >= 15 is 0 Å². The van der Waals surface area contributed by atoms with E-state index in [-0.39, 0.29) is 5.38 Å². The van der Waals surface area contributed by atoms with Crippen molar-refractivity contribution in [2.75, 3.05) is 0 Å². The molecule has 6 heavy (non-hydrogen) atoms. The van der Waals surface area contributed by atoms with E-state index in [1.807, 2.05) is 6.92 Å². The summed E-state index contributed by atoms with van der Waals surface area (Å²) in [6.45, 7) is 5.53.